The molecule has 0 N–H and O–H groups in total. The lowest BCUT2D eigenvalue weighted by molar-refractivity contribution is 0.445. The van der Waals surface area contributed by atoms with E-state index in [1.54, 1.807) is 0 Å². The number of nitrogens with zero attached hydrogens (tertiary/aromatic N) is 2. The summed E-state index contributed by atoms with van der Waals surface area (Å²) in [5.74, 6) is 0.734. The predicted molar refractivity (Wildman–Crippen MR) is 70.2 cm³/mol. The predicted octanol–water partition coefficient (Wildman–Crippen LogP) is 3.33. The minimum atomic E-state index is 0.734. The zero-order valence-corrected chi connectivity index (χ0v) is 10.3. The number of rotatable bonds is 2. The first-order valence-corrected chi connectivity index (χ1v) is 6.47. The molecule has 2 heterocycles. The van der Waals surface area contributed by atoms with Gasteiger partial charge in [-0.05, 0) is 55.7 Å². The van der Waals surface area contributed by atoms with E-state index in [1.807, 2.05) is 18.5 Å². The average molecular weight is 226 g/mol. The molecule has 1 atom stereocenters. The molecule has 0 amide bonds. The monoisotopic (exact) mass is 226 g/mol. The van der Waals surface area contributed by atoms with E-state index in [0.717, 1.165) is 25.2 Å². The number of aryl methyl sites for hydroxylation is 1. The van der Waals surface area contributed by atoms with E-state index in [9.17, 15) is 0 Å². The highest BCUT2D eigenvalue weighted by atomic mass is 14.8. The molecule has 1 unspecified atom stereocenters. The average Bonchev–Trinajstić information content (AvgIpc) is 2.75. The Morgan fingerprint density at radius 2 is 2.35 bits per heavy atom. The summed E-state index contributed by atoms with van der Waals surface area (Å²) in [5.41, 5.74) is 5.54. The van der Waals surface area contributed by atoms with Crippen LogP contribution in [0, 0.1) is 5.92 Å². The van der Waals surface area contributed by atoms with E-state index in [2.05, 4.69) is 23.0 Å². The summed E-state index contributed by atoms with van der Waals surface area (Å²) in [5, 5.41) is 0. The molecule has 0 radical (unpaired) electrons. The SMILES string of the molecule is CC1=C(CC2CCc3cccnc3C2)N=CC1. The molecule has 0 saturated heterocycles. The largest absolute Gasteiger partial charge is 0.265 e. The highest BCUT2D eigenvalue weighted by Gasteiger charge is 2.21. The van der Waals surface area contributed by atoms with Crippen molar-refractivity contribution in [3.05, 3.63) is 40.9 Å². The van der Waals surface area contributed by atoms with Crippen molar-refractivity contribution in [3.8, 4) is 0 Å². The van der Waals surface area contributed by atoms with Crippen molar-refractivity contribution in [2.45, 2.75) is 39.0 Å². The summed E-state index contributed by atoms with van der Waals surface area (Å²) >= 11 is 0. The molecule has 1 aromatic rings. The number of hydrogen-bond acceptors (Lipinski definition) is 2. The first-order chi connectivity index (χ1) is 8.33. The summed E-state index contributed by atoms with van der Waals surface area (Å²) in [7, 11) is 0. The van der Waals surface area contributed by atoms with Crippen LogP contribution in [0.5, 0.6) is 0 Å². The lowest BCUT2D eigenvalue weighted by atomic mass is 9.84. The number of fused-ring (bicyclic) bond motifs is 1. The Balaban J connectivity index is 1.72. The van der Waals surface area contributed by atoms with E-state index in [-0.39, 0.29) is 0 Å². The van der Waals surface area contributed by atoms with Gasteiger partial charge in [-0.1, -0.05) is 6.07 Å². The summed E-state index contributed by atoms with van der Waals surface area (Å²) in [6, 6.07) is 4.27. The maximum atomic E-state index is 4.51. The Labute approximate surface area is 102 Å². The van der Waals surface area contributed by atoms with E-state index >= 15 is 0 Å². The normalized spacial score (nSPS) is 23.0. The molecule has 3 rings (SSSR count). The lowest BCUT2D eigenvalue weighted by Crippen LogP contribution is -2.16. The van der Waals surface area contributed by atoms with E-state index in [4.69, 9.17) is 0 Å². The second kappa shape index (κ2) is 4.44. The standard InChI is InChI=1S/C15H18N2/c1-11-6-8-17-14(11)9-12-4-5-13-3-2-7-16-15(13)10-12/h2-3,7-8,12H,4-6,9-10H2,1H3. The zero-order valence-electron chi connectivity index (χ0n) is 10.3. The fraction of sp³-hybridized carbons (Fsp3) is 0.467. The Hall–Kier alpha value is -1.44. The first kappa shape index (κ1) is 10.7. The maximum Gasteiger partial charge on any atom is 0.0438 e. The van der Waals surface area contributed by atoms with Crippen molar-refractivity contribution >= 4 is 6.21 Å². The molecule has 1 aromatic heterocycles. The second-order valence-corrected chi connectivity index (χ2v) is 5.16. The Kier molecular flexibility index (Phi) is 2.79. The van der Waals surface area contributed by atoms with Gasteiger partial charge in [0.25, 0.3) is 0 Å². The molecule has 2 heteroatoms. The molecule has 17 heavy (non-hydrogen) atoms. The third-order valence-corrected chi connectivity index (χ3v) is 3.91. The van der Waals surface area contributed by atoms with Crippen molar-refractivity contribution in [1.82, 2.24) is 4.98 Å². The van der Waals surface area contributed by atoms with Crippen molar-refractivity contribution < 1.29 is 0 Å². The van der Waals surface area contributed by atoms with Crippen molar-refractivity contribution in [2.75, 3.05) is 0 Å². The molecular formula is C15H18N2. The molecule has 0 bridgehead atoms. The van der Waals surface area contributed by atoms with Gasteiger partial charge in [-0.15, -0.1) is 0 Å². The summed E-state index contributed by atoms with van der Waals surface area (Å²) in [4.78, 5) is 9.01. The smallest absolute Gasteiger partial charge is 0.0438 e. The van der Waals surface area contributed by atoms with Gasteiger partial charge in [-0.3, -0.25) is 9.98 Å². The van der Waals surface area contributed by atoms with Crippen LogP contribution in [-0.4, -0.2) is 11.2 Å². The van der Waals surface area contributed by atoms with Crippen LogP contribution in [0.1, 0.15) is 37.4 Å². The molecule has 1 aliphatic heterocycles. The molecule has 0 fully saturated rings. The van der Waals surface area contributed by atoms with Crippen LogP contribution < -0.4 is 0 Å². The van der Waals surface area contributed by atoms with Gasteiger partial charge in [0.1, 0.15) is 0 Å². The van der Waals surface area contributed by atoms with Crippen molar-refractivity contribution in [2.24, 2.45) is 10.9 Å². The lowest BCUT2D eigenvalue weighted by Gasteiger charge is -2.23. The highest BCUT2D eigenvalue weighted by molar-refractivity contribution is 5.66. The summed E-state index contributed by atoms with van der Waals surface area (Å²) < 4.78 is 0. The minimum Gasteiger partial charge on any atom is -0.265 e. The molecule has 0 saturated carbocycles. The fourth-order valence-corrected chi connectivity index (χ4v) is 2.81. The van der Waals surface area contributed by atoms with E-state index in [1.165, 1.54) is 35.4 Å². The highest BCUT2D eigenvalue weighted by Crippen LogP contribution is 2.31. The van der Waals surface area contributed by atoms with E-state index in [0.29, 0.717) is 0 Å². The number of allylic oxidation sites excluding steroid dienone is 2. The topological polar surface area (TPSA) is 25.2 Å². The Bertz CT molecular complexity index is 485. The molecule has 0 spiro atoms. The van der Waals surface area contributed by atoms with Gasteiger partial charge in [0.15, 0.2) is 0 Å². The Morgan fingerprint density at radius 3 is 3.18 bits per heavy atom. The van der Waals surface area contributed by atoms with Gasteiger partial charge in [0.05, 0.1) is 0 Å². The number of aliphatic imine (C=N–C) groups is 1. The number of aromatic nitrogens is 1. The summed E-state index contributed by atoms with van der Waals surface area (Å²) in [6.45, 7) is 2.21. The van der Waals surface area contributed by atoms with Crippen LogP contribution in [0.2, 0.25) is 0 Å². The minimum absolute atomic E-state index is 0.734. The quantitative estimate of drug-likeness (QED) is 0.759. The van der Waals surface area contributed by atoms with Crippen LogP contribution in [0.15, 0.2) is 34.6 Å². The van der Waals surface area contributed by atoms with Gasteiger partial charge < -0.3 is 0 Å². The third-order valence-electron chi connectivity index (χ3n) is 3.91. The van der Waals surface area contributed by atoms with Crippen LogP contribution in [-0.2, 0) is 12.8 Å². The van der Waals surface area contributed by atoms with Crippen LogP contribution in [0.3, 0.4) is 0 Å². The summed E-state index contributed by atoms with van der Waals surface area (Å²) in [6.07, 6.45) is 9.74. The van der Waals surface area contributed by atoms with Crippen LogP contribution >= 0.6 is 0 Å². The molecule has 88 valence electrons. The number of hydrogen-bond donors (Lipinski definition) is 0. The molecule has 0 aromatic carbocycles. The zero-order chi connectivity index (χ0) is 11.7. The van der Waals surface area contributed by atoms with Gasteiger partial charge in [0, 0.05) is 30.2 Å². The maximum absolute atomic E-state index is 4.51. The van der Waals surface area contributed by atoms with Gasteiger partial charge in [-0.25, -0.2) is 0 Å². The molecule has 2 nitrogen and oxygen atoms in total. The number of pyridine rings is 1. The molecular weight excluding hydrogens is 208 g/mol. The van der Waals surface area contributed by atoms with Crippen molar-refractivity contribution in [1.29, 1.82) is 0 Å². The van der Waals surface area contributed by atoms with Gasteiger partial charge >= 0.3 is 0 Å². The van der Waals surface area contributed by atoms with E-state index < -0.39 is 0 Å². The molecule has 1 aliphatic carbocycles. The molecule has 2 aliphatic rings. The fourth-order valence-electron chi connectivity index (χ4n) is 2.81. The first-order valence-electron chi connectivity index (χ1n) is 6.47. The van der Waals surface area contributed by atoms with Crippen LogP contribution in [0.4, 0.5) is 0 Å². The van der Waals surface area contributed by atoms with Gasteiger partial charge in [0.2, 0.25) is 0 Å². The third kappa shape index (κ3) is 2.17. The Morgan fingerprint density at radius 1 is 1.41 bits per heavy atom. The van der Waals surface area contributed by atoms with Crippen molar-refractivity contribution in [3.63, 3.8) is 0 Å². The van der Waals surface area contributed by atoms with Crippen LogP contribution in [0.25, 0.3) is 0 Å². The second-order valence-electron chi connectivity index (χ2n) is 5.16. The van der Waals surface area contributed by atoms with Gasteiger partial charge in [-0.2, -0.15) is 0 Å².